The lowest BCUT2D eigenvalue weighted by atomic mass is 10.1. The largest absolute Gasteiger partial charge is 0.493 e. The lowest BCUT2D eigenvalue weighted by molar-refractivity contribution is 0.320. The van der Waals surface area contributed by atoms with Crippen molar-refractivity contribution < 1.29 is 17.7 Å². The van der Waals surface area contributed by atoms with Gasteiger partial charge in [-0.15, -0.1) is 0 Å². The molecular formula is C13H15NO4S. The standard InChI is InChI=1S/C13H15NO4S/c14-11-6-5-10-3-1-4-13(12(10)9-11)18-7-2-8-19(15,16)17/h1,3-6,9H,2,7-8,14H2,(H,15,16,17). The van der Waals surface area contributed by atoms with Crippen molar-refractivity contribution in [2.45, 2.75) is 6.42 Å². The second-order valence-electron chi connectivity index (χ2n) is 4.22. The Morgan fingerprint density at radius 1 is 1.21 bits per heavy atom. The first-order valence-electron chi connectivity index (χ1n) is 5.82. The maximum Gasteiger partial charge on any atom is 0.264 e. The molecule has 0 saturated heterocycles. The number of hydrogen-bond acceptors (Lipinski definition) is 4. The third-order valence-electron chi connectivity index (χ3n) is 2.67. The molecule has 102 valence electrons. The van der Waals surface area contributed by atoms with Gasteiger partial charge in [-0.05, 0) is 30.0 Å². The van der Waals surface area contributed by atoms with Crippen molar-refractivity contribution in [1.82, 2.24) is 0 Å². The van der Waals surface area contributed by atoms with Crippen LogP contribution in [0.3, 0.4) is 0 Å². The zero-order chi connectivity index (χ0) is 13.9. The number of nitrogens with two attached hydrogens (primary N) is 1. The van der Waals surface area contributed by atoms with E-state index in [1.165, 1.54) is 0 Å². The second-order valence-corrected chi connectivity index (χ2v) is 5.80. The van der Waals surface area contributed by atoms with Crippen molar-refractivity contribution in [3.05, 3.63) is 36.4 Å². The lowest BCUT2D eigenvalue weighted by Gasteiger charge is -2.09. The number of fused-ring (bicyclic) bond motifs is 1. The number of anilines is 1. The van der Waals surface area contributed by atoms with Gasteiger partial charge in [-0.1, -0.05) is 18.2 Å². The number of nitrogen functional groups attached to an aromatic ring is 1. The highest BCUT2D eigenvalue weighted by Crippen LogP contribution is 2.27. The van der Waals surface area contributed by atoms with Gasteiger partial charge in [-0.3, -0.25) is 4.55 Å². The molecule has 3 N–H and O–H groups in total. The zero-order valence-corrected chi connectivity index (χ0v) is 11.1. The van der Waals surface area contributed by atoms with Gasteiger partial charge in [0.05, 0.1) is 12.4 Å². The van der Waals surface area contributed by atoms with Gasteiger partial charge in [-0.25, -0.2) is 0 Å². The molecule has 0 radical (unpaired) electrons. The highest BCUT2D eigenvalue weighted by Gasteiger charge is 2.06. The van der Waals surface area contributed by atoms with Crippen LogP contribution in [0, 0.1) is 0 Å². The predicted octanol–water partition coefficient (Wildman–Crippen LogP) is 2.08. The van der Waals surface area contributed by atoms with Crippen LogP contribution < -0.4 is 10.5 Å². The molecule has 19 heavy (non-hydrogen) atoms. The Morgan fingerprint density at radius 2 is 2.00 bits per heavy atom. The van der Waals surface area contributed by atoms with Gasteiger partial charge < -0.3 is 10.5 Å². The van der Waals surface area contributed by atoms with E-state index in [0.29, 0.717) is 11.4 Å². The molecular weight excluding hydrogens is 266 g/mol. The summed E-state index contributed by atoms with van der Waals surface area (Å²) in [6.07, 6.45) is 0.234. The van der Waals surface area contributed by atoms with Crippen molar-refractivity contribution in [2.24, 2.45) is 0 Å². The Balaban J connectivity index is 2.10. The number of benzene rings is 2. The minimum absolute atomic E-state index is 0.216. The van der Waals surface area contributed by atoms with Crippen LogP contribution in [0.15, 0.2) is 36.4 Å². The Bertz CT molecular complexity index is 682. The van der Waals surface area contributed by atoms with Crippen LogP contribution in [0.2, 0.25) is 0 Å². The summed E-state index contributed by atoms with van der Waals surface area (Å²) in [4.78, 5) is 0. The average molecular weight is 281 g/mol. The molecule has 0 aliphatic heterocycles. The third kappa shape index (κ3) is 3.84. The van der Waals surface area contributed by atoms with Crippen LogP contribution in [0.5, 0.6) is 5.75 Å². The van der Waals surface area contributed by atoms with E-state index in [0.717, 1.165) is 10.8 Å². The van der Waals surface area contributed by atoms with Gasteiger partial charge in [0.25, 0.3) is 10.1 Å². The molecule has 0 atom stereocenters. The monoisotopic (exact) mass is 281 g/mol. The first-order chi connectivity index (χ1) is 8.96. The molecule has 2 aromatic rings. The first-order valence-corrected chi connectivity index (χ1v) is 7.43. The summed E-state index contributed by atoms with van der Waals surface area (Å²) < 4.78 is 35.3. The van der Waals surface area contributed by atoms with E-state index in [1.807, 2.05) is 30.3 Å². The van der Waals surface area contributed by atoms with Crippen LogP contribution in [0.1, 0.15) is 6.42 Å². The fourth-order valence-corrected chi connectivity index (χ4v) is 2.29. The van der Waals surface area contributed by atoms with E-state index >= 15 is 0 Å². The fourth-order valence-electron chi connectivity index (χ4n) is 1.81. The molecule has 0 saturated carbocycles. The lowest BCUT2D eigenvalue weighted by Crippen LogP contribution is -2.08. The van der Waals surface area contributed by atoms with Gasteiger partial charge in [0.15, 0.2) is 0 Å². The minimum Gasteiger partial charge on any atom is -0.493 e. The van der Waals surface area contributed by atoms with Gasteiger partial charge in [0.1, 0.15) is 5.75 Å². The van der Waals surface area contributed by atoms with Gasteiger partial charge in [0.2, 0.25) is 0 Å². The Morgan fingerprint density at radius 3 is 2.74 bits per heavy atom. The van der Waals surface area contributed by atoms with E-state index in [2.05, 4.69) is 0 Å². The summed E-state index contributed by atoms with van der Waals surface area (Å²) in [6, 6.07) is 11.1. The van der Waals surface area contributed by atoms with E-state index < -0.39 is 10.1 Å². The SMILES string of the molecule is Nc1ccc2cccc(OCCCS(=O)(=O)O)c2c1. The minimum atomic E-state index is -3.93. The number of rotatable bonds is 5. The van der Waals surface area contributed by atoms with Crippen molar-refractivity contribution in [3.8, 4) is 5.75 Å². The molecule has 0 aliphatic rings. The van der Waals surface area contributed by atoms with Crippen molar-refractivity contribution in [2.75, 3.05) is 18.1 Å². The average Bonchev–Trinajstić information content (AvgIpc) is 2.33. The summed E-state index contributed by atoms with van der Waals surface area (Å²) in [5.74, 6) is 0.347. The summed E-state index contributed by atoms with van der Waals surface area (Å²) in [5, 5.41) is 1.89. The van der Waals surface area contributed by atoms with E-state index in [9.17, 15) is 8.42 Å². The Kier molecular flexibility index (Phi) is 3.92. The molecule has 0 aliphatic carbocycles. The molecule has 0 unspecified atom stereocenters. The molecule has 0 bridgehead atoms. The molecule has 5 nitrogen and oxygen atoms in total. The highest BCUT2D eigenvalue weighted by molar-refractivity contribution is 7.85. The number of hydrogen-bond donors (Lipinski definition) is 2. The van der Waals surface area contributed by atoms with E-state index in [1.54, 1.807) is 6.07 Å². The summed E-state index contributed by atoms with van der Waals surface area (Å²) in [5.41, 5.74) is 6.38. The van der Waals surface area contributed by atoms with Crippen molar-refractivity contribution in [3.63, 3.8) is 0 Å². The fraction of sp³-hybridized carbons (Fsp3) is 0.231. The molecule has 0 fully saturated rings. The van der Waals surface area contributed by atoms with Crippen LogP contribution in [0.25, 0.3) is 10.8 Å². The summed E-state index contributed by atoms with van der Waals surface area (Å²) in [6.45, 7) is 0.216. The van der Waals surface area contributed by atoms with Crippen molar-refractivity contribution in [1.29, 1.82) is 0 Å². The Labute approximate surface area is 111 Å². The molecule has 0 spiro atoms. The van der Waals surface area contributed by atoms with Crippen LogP contribution in [0.4, 0.5) is 5.69 Å². The van der Waals surface area contributed by atoms with Crippen LogP contribution in [-0.4, -0.2) is 25.3 Å². The quantitative estimate of drug-likeness (QED) is 0.497. The first kappa shape index (κ1) is 13.6. The molecule has 2 rings (SSSR count). The molecule has 0 aromatic heterocycles. The summed E-state index contributed by atoms with van der Waals surface area (Å²) in [7, 11) is -3.93. The molecule has 2 aromatic carbocycles. The highest BCUT2D eigenvalue weighted by atomic mass is 32.2. The second kappa shape index (κ2) is 5.46. The molecule has 0 amide bonds. The van der Waals surface area contributed by atoms with Crippen LogP contribution >= 0.6 is 0 Å². The van der Waals surface area contributed by atoms with Gasteiger partial charge >= 0.3 is 0 Å². The maximum atomic E-state index is 10.6. The normalized spacial score (nSPS) is 11.6. The number of ether oxygens (including phenoxy) is 1. The molecule has 6 heteroatoms. The van der Waals surface area contributed by atoms with Crippen molar-refractivity contribution >= 4 is 26.6 Å². The van der Waals surface area contributed by atoms with E-state index in [4.69, 9.17) is 15.0 Å². The van der Waals surface area contributed by atoms with E-state index in [-0.39, 0.29) is 18.8 Å². The smallest absolute Gasteiger partial charge is 0.264 e. The maximum absolute atomic E-state index is 10.6. The molecule has 0 heterocycles. The van der Waals surface area contributed by atoms with Gasteiger partial charge in [0, 0.05) is 11.1 Å². The Hall–Kier alpha value is -1.79. The zero-order valence-electron chi connectivity index (χ0n) is 10.2. The third-order valence-corrected chi connectivity index (χ3v) is 3.47. The predicted molar refractivity (Wildman–Crippen MR) is 74.9 cm³/mol. The van der Waals surface area contributed by atoms with Gasteiger partial charge in [-0.2, -0.15) is 8.42 Å². The summed E-state index contributed by atoms with van der Waals surface area (Å²) >= 11 is 0. The van der Waals surface area contributed by atoms with Crippen LogP contribution in [-0.2, 0) is 10.1 Å². The topological polar surface area (TPSA) is 89.6 Å².